The second-order valence-corrected chi connectivity index (χ2v) is 15.0. The van der Waals surface area contributed by atoms with E-state index < -0.39 is 0 Å². The molecule has 2 heterocycles. The molecule has 0 fully saturated rings. The van der Waals surface area contributed by atoms with Crippen molar-refractivity contribution < 1.29 is 0 Å². The molecule has 11 rings (SSSR count). The van der Waals surface area contributed by atoms with E-state index in [1.165, 1.54) is 32.7 Å². The molecule has 0 atom stereocenters. The van der Waals surface area contributed by atoms with E-state index in [0.717, 1.165) is 64.2 Å². The lowest BCUT2D eigenvalue weighted by molar-refractivity contribution is 1.18. The lowest BCUT2D eigenvalue weighted by Crippen LogP contribution is -2.35. The van der Waals surface area contributed by atoms with Crippen molar-refractivity contribution in [3.63, 3.8) is 0 Å². The summed E-state index contributed by atoms with van der Waals surface area (Å²) in [6.45, 7) is 0. The number of fused-ring (bicyclic) bond motifs is 7. The Hall–Kier alpha value is -7.76. The molecule has 59 heavy (non-hydrogen) atoms. The zero-order chi connectivity index (χ0) is 39.1. The molecule has 0 amide bonds. The van der Waals surface area contributed by atoms with Crippen LogP contribution < -0.4 is 25.6 Å². The van der Waals surface area contributed by atoms with Gasteiger partial charge in [0, 0.05) is 67.6 Å². The number of benzene rings is 9. The monoisotopic (exact) mass is 754 g/mol. The summed E-state index contributed by atoms with van der Waals surface area (Å²) >= 11 is 0. The van der Waals surface area contributed by atoms with Crippen molar-refractivity contribution in [2.75, 3.05) is 14.7 Å². The second-order valence-electron chi connectivity index (χ2n) is 15.0. The average Bonchev–Trinajstić information content (AvgIpc) is 3.63. The van der Waals surface area contributed by atoms with Crippen LogP contribution in [0.15, 0.2) is 231 Å². The Kier molecular flexibility index (Phi) is 8.56. The Balaban J connectivity index is 1.14. The van der Waals surface area contributed by atoms with Crippen LogP contribution in [0.4, 0.5) is 51.2 Å². The van der Waals surface area contributed by atoms with Crippen molar-refractivity contribution in [2.45, 2.75) is 0 Å². The van der Waals surface area contributed by atoms with Crippen LogP contribution in [0.3, 0.4) is 0 Å². The highest BCUT2D eigenvalue weighted by Crippen LogP contribution is 2.44. The number of nitrogens with zero attached hydrogens (tertiary/aromatic N) is 4. The van der Waals surface area contributed by atoms with Crippen molar-refractivity contribution in [3.8, 4) is 5.69 Å². The van der Waals surface area contributed by atoms with Gasteiger partial charge in [-0.1, -0.05) is 138 Å². The third-order valence-electron chi connectivity index (χ3n) is 11.5. The SMILES string of the molecule is B1c2ccccc2N(c2ccc3c4ccccc4n(-c4ccccc4)c3c2)c2cccc(c2)N(c2ccccc2)c2cc(N(c3ccccc3)c3ccccc3)ccc21. The van der Waals surface area contributed by atoms with E-state index in [4.69, 9.17) is 0 Å². The maximum atomic E-state index is 2.44. The minimum absolute atomic E-state index is 0.735. The molecule has 0 N–H and O–H groups in total. The molecule has 0 spiro atoms. The van der Waals surface area contributed by atoms with Crippen molar-refractivity contribution in [1.29, 1.82) is 0 Å². The van der Waals surface area contributed by atoms with Gasteiger partial charge in [0.2, 0.25) is 0 Å². The molecule has 9 aromatic carbocycles. The molecule has 1 aliphatic rings. The standard InChI is InChI=1S/C54H39BN4/c1-5-18-39(19-6-1)56(40-20-7-2-8-21-40)45-33-35-50-54(38-45)57(41-22-9-3-10-23-41)43-26-17-27-44(36-43)58(52-31-16-14-29-49(52)55-50)46-32-34-48-47-28-13-15-30-51(47)59(53(48)37-46)42-24-11-4-12-25-42/h1-38,55H. The quantitative estimate of drug-likeness (QED) is 0.157. The Morgan fingerprint density at radius 2 is 0.831 bits per heavy atom. The number of hydrogen-bond acceptors (Lipinski definition) is 3. The van der Waals surface area contributed by atoms with Crippen LogP contribution in [0, 0.1) is 0 Å². The van der Waals surface area contributed by atoms with Gasteiger partial charge in [-0.15, -0.1) is 0 Å². The fourth-order valence-corrected chi connectivity index (χ4v) is 8.89. The third-order valence-corrected chi connectivity index (χ3v) is 11.5. The van der Waals surface area contributed by atoms with Crippen LogP contribution in [0.1, 0.15) is 0 Å². The van der Waals surface area contributed by atoms with Gasteiger partial charge in [-0.3, -0.25) is 0 Å². The molecule has 0 saturated heterocycles. The number of hydrogen-bond donors (Lipinski definition) is 0. The molecule has 4 nitrogen and oxygen atoms in total. The summed E-state index contributed by atoms with van der Waals surface area (Å²) in [4.78, 5) is 7.22. The van der Waals surface area contributed by atoms with E-state index in [9.17, 15) is 0 Å². The Morgan fingerprint density at radius 1 is 0.305 bits per heavy atom. The Morgan fingerprint density at radius 3 is 1.54 bits per heavy atom. The van der Waals surface area contributed by atoms with E-state index >= 15 is 0 Å². The lowest BCUT2D eigenvalue weighted by atomic mass is 9.62. The summed E-state index contributed by atoms with van der Waals surface area (Å²) in [5, 5.41) is 2.48. The van der Waals surface area contributed by atoms with E-state index in [1.54, 1.807) is 0 Å². The second kappa shape index (κ2) is 14.6. The first kappa shape index (κ1) is 34.5. The highest BCUT2D eigenvalue weighted by molar-refractivity contribution is 6.70. The maximum Gasteiger partial charge on any atom is 0.197 e. The summed E-state index contributed by atoms with van der Waals surface area (Å²) in [5.41, 5.74) is 16.0. The largest absolute Gasteiger partial charge is 0.311 e. The summed E-state index contributed by atoms with van der Waals surface area (Å²) in [5.74, 6) is 0. The van der Waals surface area contributed by atoms with Gasteiger partial charge in [-0.2, -0.15) is 0 Å². The van der Waals surface area contributed by atoms with Crippen LogP contribution in [-0.4, -0.2) is 11.8 Å². The molecule has 1 aliphatic heterocycles. The fourth-order valence-electron chi connectivity index (χ4n) is 8.89. The molecule has 1 aromatic heterocycles. The van der Waals surface area contributed by atoms with Gasteiger partial charge in [0.1, 0.15) is 0 Å². The first-order chi connectivity index (χ1) is 29.3. The lowest BCUT2D eigenvalue weighted by Gasteiger charge is -2.34. The highest BCUT2D eigenvalue weighted by atomic mass is 15.2. The van der Waals surface area contributed by atoms with Gasteiger partial charge in [0.15, 0.2) is 7.28 Å². The van der Waals surface area contributed by atoms with Crippen molar-refractivity contribution in [1.82, 2.24) is 4.57 Å². The maximum absolute atomic E-state index is 2.44. The fraction of sp³-hybridized carbons (Fsp3) is 0. The molecule has 0 aliphatic carbocycles. The van der Waals surface area contributed by atoms with Gasteiger partial charge in [0.05, 0.1) is 11.0 Å². The third kappa shape index (κ3) is 6.12. The van der Waals surface area contributed by atoms with Crippen molar-refractivity contribution in [3.05, 3.63) is 231 Å². The van der Waals surface area contributed by atoms with Gasteiger partial charge >= 0.3 is 0 Å². The number of para-hydroxylation sites is 6. The highest BCUT2D eigenvalue weighted by Gasteiger charge is 2.26. The molecule has 5 heteroatoms. The zero-order valence-corrected chi connectivity index (χ0v) is 32.4. The summed E-state index contributed by atoms with van der Waals surface area (Å²) in [6.07, 6.45) is 0. The zero-order valence-electron chi connectivity index (χ0n) is 32.4. The summed E-state index contributed by atoms with van der Waals surface area (Å²) < 4.78 is 2.40. The van der Waals surface area contributed by atoms with Crippen LogP contribution in [0.25, 0.3) is 27.5 Å². The molecule has 0 radical (unpaired) electrons. The summed E-state index contributed by atoms with van der Waals surface area (Å²) in [6, 6.07) is 83.4. The van der Waals surface area contributed by atoms with Gasteiger partial charge in [0.25, 0.3) is 0 Å². The average molecular weight is 755 g/mol. The number of anilines is 9. The molecule has 2 bridgehead atoms. The van der Waals surface area contributed by atoms with E-state index in [2.05, 4.69) is 250 Å². The predicted molar refractivity (Wildman–Crippen MR) is 251 cm³/mol. The topological polar surface area (TPSA) is 14.7 Å². The predicted octanol–water partition coefficient (Wildman–Crippen LogP) is 12.9. The van der Waals surface area contributed by atoms with Crippen LogP contribution in [-0.2, 0) is 0 Å². The van der Waals surface area contributed by atoms with E-state index in [1.807, 2.05) is 0 Å². The van der Waals surface area contributed by atoms with Gasteiger partial charge in [-0.05, 0) is 103 Å². The molecular weight excluding hydrogens is 715 g/mol. The first-order valence-corrected chi connectivity index (χ1v) is 20.2. The van der Waals surface area contributed by atoms with Crippen LogP contribution in [0.5, 0.6) is 0 Å². The minimum Gasteiger partial charge on any atom is -0.311 e. The van der Waals surface area contributed by atoms with Crippen LogP contribution in [0.2, 0.25) is 0 Å². The Labute approximate surface area is 345 Å². The van der Waals surface area contributed by atoms with E-state index in [-0.39, 0.29) is 0 Å². The molecule has 10 aromatic rings. The number of rotatable bonds is 6. The molecule has 0 unspecified atom stereocenters. The summed E-state index contributed by atoms with van der Waals surface area (Å²) in [7, 11) is 0.735. The van der Waals surface area contributed by atoms with E-state index in [0.29, 0.717) is 0 Å². The molecule has 278 valence electrons. The van der Waals surface area contributed by atoms with Crippen molar-refractivity contribution >= 4 is 91.2 Å². The van der Waals surface area contributed by atoms with Crippen molar-refractivity contribution in [2.24, 2.45) is 0 Å². The van der Waals surface area contributed by atoms with Gasteiger partial charge in [-0.25, -0.2) is 0 Å². The first-order valence-electron chi connectivity index (χ1n) is 20.2. The molecule has 0 saturated carbocycles. The Bertz CT molecular complexity index is 3050. The van der Waals surface area contributed by atoms with Gasteiger partial charge < -0.3 is 19.3 Å². The van der Waals surface area contributed by atoms with Crippen LogP contribution >= 0.6 is 0 Å². The minimum atomic E-state index is 0.735. The molecular formula is C54H39BN4. The number of aromatic nitrogens is 1. The normalized spacial score (nSPS) is 12.1. The smallest absolute Gasteiger partial charge is 0.197 e.